The van der Waals surface area contributed by atoms with Crippen molar-refractivity contribution in [2.75, 3.05) is 24.6 Å². The monoisotopic (exact) mass is 352 g/mol. The van der Waals surface area contributed by atoms with Crippen LogP contribution in [0.15, 0.2) is 18.2 Å². The molecule has 24 heavy (non-hydrogen) atoms. The van der Waals surface area contributed by atoms with E-state index in [9.17, 15) is 9.59 Å². The van der Waals surface area contributed by atoms with Crippen LogP contribution in [0.2, 0.25) is 5.02 Å². The first-order valence-electron chi connectivity index (χ1n) is 8.01. The molecule has 0 aromatic heterocycles. The molecule has 2 aliphatic rings. The third kappa shape index (κ3) is 3.99. The van der Waals surface area contributed by atoms with E-state index in [1.54, 1.807) is 23.1 Å². The van der Waals surface area contributed by atoms with Crippen LogP contribution in [-0.2, 0) is 14.3 Å². The Morgan fingerprint density at radius 3 is 3.00 bits per heavy atom. The summed E-state index contributed by atoms with van der Waals surface area (Å²) in [5.74, 6) is -0.0844. The fourth-order valence-electron chi connectivity index (χ4n) is 3.16. The van der Waals surface area contributed by atoms with Crippen molar-refractivity contribution in [2.24, 2.45) is 0 Å². The predicted octanol–water partition coefficient (Wildman–Crippen LogP) is 2.14. The van der Waals surface area contributed by atoms with E-state index in [0.29, 0.717) is 23.1 Å². The van der Waals surface area contributed by atoms with Crippen LogP contribution in [-0.4, -0.2) is 43.2 Å². The molecule has 1 aromatic rings. The highest BCUT2D eigenvalue weighted by atomic mass is 35.5. The number of halogens is 1. The maximum absolute atomic E-state index is 12.4. The highest BCUT2D eigenvalue weighted by Crippen LogP contribution is 2.34. The summed E-state index contributed by atoms with van der Waals surface area (Å²) in [6.45, 7) is 4.78. The molecule has 1 amide bonds. The molecule has 3 rings (SSSR count). The molecule has 1 aromatic carbocycles. The van der Waals surface area contributed by atoms with Crippen LogP contribution in [0.25, 0.3) is 0 Å². The third-order valence-electron chi connectivity index (χ3n) is 4.20. The smallest absolute Gasteiger partial charge is 0.331 e. The summed E-state index contributed by atoms with van der Waals surface area (Å²) in [4.78, 5) is 25.8. The number of rotatable bonds is 3. The van der Waals surface area contributed by atoms with Crippen LogP contribution in [0.5, 0.6) is 5.75 Å². The van der Waals surface area contributed by atoms with E-state index >= 15 is 0 Å². The van der Waals surface area contributed by atoms with Crippen molar-refractivity contribution in [1.82, 2.24) is 5.32 Å². The summed E-state index contributed by atoms with van der Waals surface area (Å²) in [5, 5.41) is 3.57. The van der Waals surface area contributed by atoms with E-state index in [0.717, 1.165) is 12.8 Å². The molecule has 1 fully saturated rings. The molecular formula is C17H21ClN2O4. The molecule has 2 heterocycles. The number of fused-ring (bicyclic) bond motifs is 1. The Balaban J connectivity index is 1.66. The van der Waals surface area contributed by atoms with Gasteiger partial charge in [-0.3, -0.25) is 4.79 Å². The Morgan fingerprint density at radius 2 is 2.25 bits per heavy atom. The van der Waals surface area contributed by atoms with E-state index in [-0.39, 0.29) is 36.6 Å². The van der Waals surface area contributed by atoms with Gasteiger partial charge < -0.3 is 19.7 Å². The quantitative estimate of drug-likeness (QED) is 0.666. The molecule has 0 aliphatic carbocycles. The second kappa shape index (κ2) is 6.61. The average molecular weight is 353 g/mol. The molecule has 1 unspecified atom stereocenters. The third-order valence-corrected chi connectivity index (χ3v) is 4.44. The van der Waals surface area contributed by atoms with E-state index in [1.165, 1.54) is 0 Å². The fourth-order valence-corrected chi connectivity index (χ4v) is 3.33. The lowest BCUT2D eigenvalue weighted by Gasteiger charge is -2.36. The standard InChI is InChI=1S/C17H21ClN2O4/c1-17(2)8-12(5-6-23-17)19-15(21)9-20-10-16(22)24-14-4-3-11(18)7-13(14)20/h3-4,7,12H,5-6,8-10H2,1-2H3,(H,19,21). The largest absolute Gasteiger partial charge is 0.423 e. The number of nitrogens with one attached hydrogen (secondary N) is 1. The van der Waals surface area contributed by atoms with Crippen LogP contribution in [0.1, 0.15) is 26.7 Å². The number of hydrogen-bond acceptors (Lipinski definition) is 5. The molecule has 0 radical (unpaired) electrons. The zero-order valence-electron chi connectivity index (χ0n) is 13.8. The first kappa shape index (κ1) is 17.0. The Labute approximate surface area is 146 Å². The minimum atomic E-state index is -0.384. The van der Waals surface area contributed by atoms with Crippen molar-refractivity contribution in [3.63, 3.8) is 0 Å². The summed E-state index contributed by atoms with van der Waals surface area (Å²) in [6.07, 6.45) is 1.56. The van der Waals surface area contributed by atoms with Gasteiger partial charge in [0.15, 0.2) is 5.75 Å². The van der Waals surface area contributed by atoms with Crippen LogP contribution >= 0.6 is 11.6 Å². The van der Waals surface area contributed by atoms with Gasteiger partial charge in [0.1, 0.15) is 6.54 Å². The number of hydrogen-bond donors (Lipinski definition) is 1. The van der Waals surface area contributed by atoms with Gasteiger partial charge in [-0.05, 0) is 44.9 Å². The summed E-state index contributed by atoms with van der Waals surface area (Å²) < 4.78 is 10.9. The number of ether oxygens (including phenoxy) is 2. The Kier molecular flexibility index (Phi) is 4.69. The number of anilines is 1. The van der Waals surface area contributed by atoms with Crippen LogP contribution in [0.4, 0.5) is 5.69 Å². The van der Waals surface area contributed by atoms with Crippen LogP contribution < -0.4 is 15.0 Å². The number of benzene rings is 1. The molecule has 0 bridgehead atoms. The second-order valence-corrected chi connectivity index (χ2v) is 7.24. The van der Waals surface area contributed by atoms with Crippen molar-refractivity contribution >= 4 is 29.2 Å². The Bertz CT molecular complexity index is 662. The Morgan fingerprint density at radius 1 is 1.46 bits per heavy atom. The van der Waals surface area contributed by atoms with E-state index in [4.69, 9.17) is 21.1 Å². The van der Waals surface area contributed by atoms with Crippen molar-refractivity contribution in [3.05, 3.63) is 23.2 Å². The topological polar surface area (TPSA) is 67.9 Å². The zero-order chi connectivity index (χ0) is 17.3. The SMILES string of the molecule is CC1(C)CC(NC(=O)CN2CC(=O)Oc3ccc(Cl)cc32)CCO1. The number of carbonyl (C=O) groups is 2. The minimum Gasteiger partial charge on any atom is -0.423 e. The summed E-state index contributed by atoms with van der Waals surface area (Å²) >= 11 is 6.02. The fraction of sp³-hybridized carbons (Fsp3) is 0.529. The van der Waals surface area contributed by atoms with Crippen molar-refractivity contribution < 1.29 is 19.1 Å². The Hall–Kier alpha value is -1.79. The first-order chi connectivity index (χ1) is 11.3. The highest BCUT2D eigenvalue weighted by molar-refractivity contribution is 6.31. The first-order valence-corrected chi connectivity index (χ1v) is 8.39. The van der Waals surface area contributed by atoms with Gasteiger partial charge in [-0.15, -0.1) is 0 Å². The molecule has 2 aliphatic heterocycles. The van der Waals surface area contributed by atoms with Crippen molar-refractivity contribution in [2.45, 2.75) is 38.3 Å². The number of amides is 1. The predicted molar refractivity (Wildman–Crippen MR) is 90.5 cm³/mol. The molecule has 130 valence electrons. The van der Waals surface area contributed by atoms with Gasteiger partial charge in [0.25, 0.3) is 0 Å². The molecule has 0 spiro atoms. The summed E-state index contributed by atoms with van der Waals surface area (Å²) in [6, 6.07) is 5.08. The molecular weight excluding hydrogens is 332 g/mol. The molecule has 6 nitrogen and oxygen atoms in total. The van der Waals surface area contributed by atoms with Gasteiger partial charge in [-0.25, -0.2) is 4.79 Å². The molecule has 0 saturated carbocycles. The lowest BCUT2D eigenvalue weighted by Crippen LogP contribution is -2.49. The number of carbonyl (C=O) groups excluding carboxylic acids is 2. The lowest BCUT2D eigenvalue weighted by atomic mass is 9.94. The zero-order valence-corrected chi connectivity index (χ0v) is 14.6. The van der Waals surface area contributed by atoms with Gasteiger partial charge in [-0.2, -0.15) is 0 Å². The van der Waals surface area contributed by atoms with E-state index in [2.05, 4.69) is 5.32 Å². The van der Waals surface area contributed by atoms with Gasteiger partial charge in [0.2, 0.25) is 5.91 Å². The van der Waals surface area contributed by atoms with Gasteiger partial charge in [0, 0.05) is 17.7 Å². The van der Waals surface area contributed by atoms with Crippen molar-refractivity contribution in [3.8, 4) is 5.75 Å². The average Bonchev–Trinajstić information content (AvgIpc) is 2.46. The molecule has 1 saturated heterocycles. The maximum atomic E-state index is 12.4. The maximum Gasteiger partial charge on any atom is 0.331 e. The molecule has 7 heteroatoms. The minimum absolute atomic E-state index is 0.0278. The lowest BCUT2D eigenvalue weighted by molar-refractivity contribution is -0.133. The normalized spacial score (nSPS) is 22.5. The molecule has 1 atom stereocenters. The van der Waals surface area contributed by atoms with E-state index in [1.807, 2.05) is 13.8 Å². The second-order valence-electron chi connectivity index (χ2n) is 6.81. The van der Waals surface area contributed by atoms with Gasteiger partial charge in [0.05, 0.1) is 17.8 Å². The number of nitrogens with zero attached hydrogens (tertiary/aromatic N) is 1. The van der Waals surface area contributed by atoms with Crippen LogP contribution in [0.3, 0.4) is 0 Å². The summed E-state index contributed by atoms with van der Waals surface area (Å²) in [7, 11) is 0. The van der Waals surface area contributed by atoms with E-state index < -0.39 is 0 Å². The van der Waals surface area contributed by atoms with Crippen LogP contribution in [0, 0.1) is 0 Å². The van der Waals surface area contributed by atoms with Crippen molar-refractivity contribution in [1.29, 1.82) is 0 Å². The highest BCUT2D eigenvalue weighted by Gasteiger charge is 2.31. The molecule has 1 N–H and O–H groups in total. The van der Waals surface area contributed by atoms with Gasteiger partial charge >= 0.3 is 5.97 Å². The number of esters is 1. The van der Waals surface area contributed by atoms with Gasteiger partial charge in [-0.1, -0.05) is 11.6 Å². The summed E-state index contributed by atoms with van der Waals surface area (Å²) in [5.41, 5.74) is 0.426.